The Bertz CT molecular complexity index is 645. The van der Waals surface area contributed by atoms with E-state index in [2.05, 4.69) is 38.8 Å². The smallest absolute Gasteiger partial charge is 0.210 e. The normalized spacial score (nSPS) is 15.8. The van der Waals surface area contributed by atoms with Gasteiger partial charge in [-0.05, 0) is 40.5 Å². The lowest BCUT2D eigenvalue weighted by molar-refractivity contribution is 0.120. The Morgan fingerprint density at radius 1 is 1.24 bits per heavy atom. The fraction of sp³-hybridized carbons (Fsp3) is 0.312. The third-order valence-electron chi connectivity index (χ3n) is 3.33. The molecule has 4 nitrogen and oxygen atoms in total. The van der Waals surface area contributed by atoms with Crippen LogP contribution in [0.4, 0.5) is 11.6 Å². The van der Waals surface area contributed by atoms with Gasteiger partial charge in [-0.1, -0.05) is 12.1 Å². The average Bonchev–Trinajstić information content (AvgIpc) is 2.87. The van der Waals surface area contributed by atoms with Crippen molar-refractivity contribution in [3.8, 4) is 0 Å². The highest BCUT2D eigenvalue weighted by Gasteiger charge is 2.18. The summed E-state index contributed by atoms with van der Waals surface area (Å²) >= 11 is 3.55. The van der Waals surface area contributed by atoms with Crippen LogP contribution in [0.2, 0.25) is 0 Å². The van der Waals surface area contributed by atoms with Crippen LogP contribution in [0.3, 0.4) is 0 Å². The van der Waals surface area contributed by atoms with Gasteiger partial charge >= 0.3 is 0 Å². The molecule has 0 aliphatic carbocycles. The molecule has 1 aliphatic rings. The van der Waals surface area contributed by atoms with E-state index < -0.39 is 0 Å². The minimum Gasteiger partial charge on any atom is -0.438 e. The van der Waals surface area contributed by atoms with E-state index in [9.17, 15) is 0 Å². The molecule has 2 aromatic rings. The van der Waals surface area contributed by atoms with Gasteiger partial charge in [0.25, 0.3) is 0 Å². The molecule has 0 atom stereocenters. The second-order valence-corrected chi connectivity index (χ2v) is 5.85. The molecule has 0 radical (unpaired) electrons. The lowest BCUT2D eigenvalue weighted by Gasteiger charge is -2.26. The number of morpholine rings is 1. The third-order valence-corrected chi connectivity index (χ3v) is 3.90. The lowest BCUT2D eigenvalue weighted by Crippen LogP contribution is -2.36. The van der Waals surface area contributed by atoms with Gasteiger partial charge < -0.3 is 14.1 Å². The maximum Gasteiger partial charge on any atom is 0.210 e. The Kier molecular flexibility index (Phi) is 4.41. The van der Waals surface area contributed by atoms with Crippen LogP contribution >= 0.6 is 15.9 Å². The van der Waals surface area contributed by atoms with Gasteiger partial charge in [0.15, 0.2) is 0 Å². The van der Waals surface area contributed by atoms with Crippen molar-refractivity contribution in [2.24, 2.45) is 4.99 Å². The first kappa shape index (κ1) is 14.4. The van der Waals surface area contributed by atoms with Gasteiger partial charge in [-0.3, -0.25) is 4.99 Å². The molecule has 21 heavy (non-hydrogen) atoms. The third kappa shape index (κ3) is 3.54. The maximum atomic E-state index is 5.88. The van der Waals surface area contributed by atoms with Crippen LogP contribution in [-0.4, -0.2) is 32.5 Å². The summed E-state index contributed by atoms with van der Waals surface area (Å²) in [7, 11) is 0. The molecule has 0 bridgehead atoms. The van der Waals surface area contributed by atoms with Gasteiger partial charge in [-0.15, -0.1) is 0 Å². The number of halogens is 1. The summed E-state index contributed by atoms with van der Waals surface area (Å²) < 4.78 is 12.2. The molecule has 5 heteroatoms. The van der Waals surface area contributed by atoms with E-state index in [1.807, 2.05) is 24.3 Å². The molecule has 1 aromatic heterocycles. The van der Waals surface area contributed by atoms with Crippen LogP contribution in [0.5, 0.6) is 0 Å². The topological polar surface area (TPSA) is 38.0 Å². The number of hydrogen-bond acceptors (Lipinski definition) is 4. The Hall–Kier alpha value is -1.59. The molecule has 1 fully saturated rings. The maximum absolute atomic E-state index is 5.88. The fourth-order valence-corrected chi connectivity index (χ4v) is 2.83. The second-order valence-electron chi connectivity index (χ2n) is 5.00. The van der Waals surface area contributed by atoms with Crippen LogP contribution in [-0.2, 0) is 4.74 Å². The molecule has 1 aromatic carbocycles. The number of rotatable bonds is 3. The summed E-state index contributed by atoms with van der Waals surface area (Å²) in [6.45, 7) is 5.22. The monoisotopic (exact) mass is 348 g/mol. The molecule has 110 valence electrons. The molecule has 3 rings (SSSR count). The van der Waals surface area contributed by atoms with Crippen molar-refractivity contribution in [1.82, 2.24) is 0 Å². The van der Waals surface area contributed by atoms with E-state index in [1.165, 1.54) is 5.56 Å². The van der Waals surface area contributed by atoms with E-state index in [4.69, 9.17) is 9.15 Å². The van der Waals surface area contributed by atoms with Crippen LogP contribution in [0.15, 0.2) is 44.2 Å². The zero-order valence-corrected chi connectivity index (χ0v) is 13.5. The predicted octanol–water partition coefficient (Wildman–Crippen LogP) is 3.94. The number of aliphatic imine (C=N–C) groups is 1. The summed E-state index contributed by atoms with van der Waals surface area (Å²) in [6, 6.07) is 10.0. The molecule has 1 saturated heterocycles. The highest BCUT2D eigenvalue weighted by atomic mass is 79.9. The van der Waals surface area contributed by atoms with Crippen LogP contribution in [0, 0.1) is 6.92 Å². The first-order valence-electron chi connectivity index (χ1n) is 6.95. The predicted molar refractivity (Wildman–Crippen MR) is 87.9 cm³/mol. The zero-order chi connectivity index (χ0) is 14.7. The number of aryl methyl sites for hydroxylation is 1. The minimum absolute atomic E-state index is 0.736. The van der Waals surface area contributed by atoms with Crippen molar-refractivity contribution in [3.05, 3.63) is 46.1 Å². The Morgan fingerprint density at radius 2 is 2.05 bits per heavy atom. The Morgan fingerprint density at radius 3 is 2.81 bits per heavy atom. The Labute approximate surface area is 132 Å². The number of ether oxygens (including phenoxy) is 1. The van der Waals surface area contributed by atoms with Gasteiger partial charge in [0, 0.05) is 19.2 Å². The van der Waals surface area contributed by atoms with Crippen molar-refractivity contribution in [1.29, 1.82) is 0 Å². The number of hydrogen-bond donors (Lipinski definition) is 0. The summed E-state index contributed by atoms with van der Waals surface area (Å²) in [4.78, 5) is 6.63. The minimum atomic E-state index is 0.736. The molecule has 1 aliphatic heterocycles. The van der Waals surface area contributed by atoms with Gasteiger partial charge in [0.05, 0.1) is 29.6 Å². The van der Waals surface area contributed by atoms with Crippen molar-refractivity contribution >= 4 is 33.7 Å². The second kappa shape index (κ2) is 6.45. The molecular weight excluding hydrogens is 332 g/mol. The van der Waals surface area contributed by atoms with Crippen LogP contribution in [0.25, 0.3) is 0 Å². The Balaban J connectivity index is 1.77. The quantitative estimate of drug-likeness (QED) is 0.788. The molecule has 0 saturated carbocycles. The molecule has 2 heterocycles. The van der Waals surface area contributed by atoms with E-state index in [1.54, 1.807) is 6.21 Å². The summed E-state index contributed by atoms with van der Waals surface area (Å²) in [5.74, 6) is 1.59. The molecular formula is C16H17BrN2O2. The van der Waals surface area contributed by atoms with Crippen molar-refractivity contribution in [2.45, 2.75) is 6.92 Å². The van der Waals surface area contributed by atoms with Crippen LogP contribution < -0.4 is 4.90 Å². The SMILES string of the molecule is Cc1cccc(N=Cc2cc(Br)c(N3CCOCC3)o2)c1. The number of furan rings is 1. The van der Waals surface area contributed by atoms with Crippen molar-refractivity contribution < 1.29 is 9.15 Å². The zero-order valence-electron chi connectivity index (χ0n) is 11.9. The van der Waals surface area contributed by atoms with Crippen LogP contribution in [0.1, 0.15) is 11.3 Å². The van der Waals surface area contributed by atoms with E-state index >= 15 is 0 Å². The first-order chi connectivity index (χ1) is 10.2. The fourth-order valence-electron chi connectivity index (χ4n) is 2.27. The summed E-state index contributed by atoms with van der Waals surface area (Å²) in [5.41, 5.74) is 2.12. The average molecular weight is 349 g/mol. The van der Waals surface area contributed by atoms with Gasteiger partial charge in [0.1, 0.15) is 5.76 Å². The first-order valence-corrected chi connectivity index (χ1v) is 7.74. The molecule has 0 amide bonds. The van der Waals surface area contributed by atoms with Gasteiger partial charge in [-0.2, -0.15) is 0 Å². The highest BCUT2D eigenvalue weighted by Crippen LogP contribution is 2.30. The highest BCUT2D eigenvalue weighted by molar-refractivity contribution is 9.10. The summed E-state index contributed by atoms with van der Waals surface area (Å²) in [5, 5.41) is 0. The summed E-state index contributed by atoms with van der Waals surface area (Å²) in [6.07, 6.45) is 1.75. The van der Waals surface area contributed by atoms with Crippen molar-refractivity contribution in [2.75, 3.05) is 31.2 Å². The molecule has 0 N–H and O–H groups in total. The number of anilines is 1. The van der Waals surface area contributed by atoms with E-state index in [-0.39, 0.29) is 0 Å². The van der Waals surface area contributed by atoms with E-state index in [0.717, 1.165) is 48.1 Å². The largest absolute Gasteiger partial charge is 0.438 e. The molecule has 0 spiro atoms. The van der Waals surface area contributed by atoms with Gasteiger partial charge in [-0.25, -0.2) is 0 Å². The number of benzene rings is 1. The van der Waals surface area contributed by atoms with Crippen molar-refractivity contribution in [3.63, 3.8) is 0 Å². The number of nitrogens with zero attached hydrogens (tertiary/aromatic N) is 2. The molecule has 0 unspecified atom stereocenters. The standard InChI is InChI=1S/C16H17BrN2O2/c1-12-3-2-4-13(9-12)18-11-14-10-15(17)16(21-14)19-5-7-20-8-6-19/h2-4,9-11H,5-8H2,1H3. The lowest BCUT2D eigenvalue weighted by atomic mass is 10.2. The van der Waals surface area contributed by atoms with E-state index in [0.29, 0.717) is 0 Å². The van der Waals surface area contributed by atoms with Gasteiger partial charge in [0.2, 0.25) is 5.88 Å².